The molecule has 21 nitrogen and oxygen atoms in total. The average Bonchev–Trinajstić information content (AvgIpc) is 3.18. The van der Waals surface area contributed by atoms with E-state index in [1.807, 2.05) is 0 Å². The van der Waals surface area contributed by atoms with E-state index < -0.39 is 133 Å². The van der Waals surface area contributed by atoms with Gasteiger partial charge in [0.25, 0.3) is 0 Å². The number of rotatable bonds is 25. The number of aliphatic carboxylic acids is 3. The van der Waals surface area contributed by atoms with Crippen LogP contribution in [0.2, 0.25) is 0 Å². The lowest BCUT2D eigenvalue weighted by molar-refractivity contribution is -0.143. The molecule has 0 aliphatic heterocycles. The second kappa shape index (κ2) is 25.1. The standard InChI is InChI=1S/C41H54FN7O14/c1-20(2)15-27(47-40(61)34(22(4)50)49-39(60)28(44-23(5)51)16-24-11-7-6-8-12-24)37(58)46-29(18-32(52)53)36(57)43-21(3)35(56)45-30(19-33(54)55)38(59)48-31(41(62)63)17-25-13-9-10-14-26(25)42/h6-14,20-22,27-31,34,50H,15-19H2,1-5H3,(H,43,57)(H,44,51)(H,45,56)(H,46,58)(H,47,61)(H,48,59)(H,49,60)(H,52,53)(H,54,55)(H,62,63)/t21-,22-,27-,28-,29-,30-,31-,34-/m0/s1. The van der Waals surface area contributed by atoms with Gasteiger partial charge in [-0.25, -0.2) is 9.18 Å². The number of carboxylic acid groups (broad SMARTS) is 3. The van der Waals surface area contributed by atoms with Gasteiger partial charge in [-0.3, -0.25) is 43.2 Å². The van der Waals surface area contributed by atoms with Crippen LogP contribution in [0.4, 0.5) is 4.39 Å². The average molecular weight is 888 g/mol. The molecule has 2 aromatic rings. The van der Waals surface area contributed by atoms with Crippen LogP contribution in [0.3, 0.4) is 0 Å². The lowest BCUT2D eigenvalue weighted by atomic mass is 10.0. The molecule has 7 amide bonds. The highest BCUT2D eigenvalue weighted by Crippen LogP contribution is 2.12. The number of nitrogens with one attached hydrogen (secondary N) is 7. The highest BCUT2D eigenvalue weighted by molar-refractivity contribution is 5.98. The fourth-order valence-corrected chi connectivity index (χ4v) is 6.00. The monoisotopic (exact) mass is 887 g/mol. The number of amides is 7. The van der Waals surface area contributed by atoms with E-state index in [2.05, 4.69) is 37.2 Å². The van der Waals surface area contributed by atoms with Crippen LogP contribution >= 0.6 is 0 Å². The van der Waals surface area contributed by atoms with Crippen molar-refractivity contribution in [3.63, 3.8) is 0 Å². The molecule has 11 N–H and O–H groups in total. The van der Waals surface area contributed by atoms with Crippen LogP contribution in [-0.4, -0.2) is 128 Å². The van der Waals surface area contributed by atoms with Gasteiger partial charge in [-0.05, 0) is 43.4 Å². The van der Waals surface area contributed by atoms with E-state index in [1.54, 1.807) is 44.2 Å². The van der Waals surface area contributed by atoms with Gasteiger partial charge in [-0.2, -0.15) is 0 Å². The van der Waals surface area contributed by atoms with Crippen molar-refractivity contribution in [3.05, 3.63) is 71.5 Å². The van der Waals surface area contributed by atoms with Crippen molar-refractivity contribution in [2.24, 2.45) is 5.92 Å². The Labute approximate surface area is 361 Å². The normalized spacial score (nSPS) is 14.7. The Morgan fingerprint density at radius 2 is 1.02 bits per heavy atom. The van der Waals surface area contributed by atoms with Crippen molar-refractivity contribution < 1.29 is 72.8 Å². The quantitative estimate of drug-likeness (QED) is 0.0541. The second-order valence-corrected chi connectivity index (χ2v) is 15.1. The van der Waals surface area contributed by atoms with E-state index in [-0.39, 0.29) is 24.3 Å². The Bertz CT molecular complexity index is 1980. The minimum absolute atomic E-state index is 0.0238. The molecule has 0 saturated heterocycles. The van der Waals surface area contributed by atoms with Crippen molar-refractivity contribution in [2.45, 2.75) is 115 Å². The van der Waals surface area contributed by atoms with Gasteiger partial charge in [0, 0.05) is 19.8 Å². The number of hydrogen-bond acceptors (Lipinski definition) is 11. The minimum Gasteiger partial charge on any atom is -0.481 e. The topological polar surface area (TPSA) is 336 Å². The lowest BCUT2D eigenvalue weighted by Gasteiger charge is -2.28. The summed E-state index contributed by atoms with van der Waals surface area (Å²) in [4.78, 5) is 127. The third-order valence-corrected chi connectivity index (χ3v) is 9.15. The largest absolute Gasteiger partial charge is 0.481 e. The first kappa shape index (κ1) is 52.2. The zero-order valence-corrected chi connectivity index (χ0v) is 35.2. The number of benzene rings is 2. The molecule has 0 unspecified atom stereocenters. The van der Waals surface area contributed by atoms with Crippen LogP contribution in [0.1, 0.15) is 65.0 Å². The molecule has 0 aliphatic rings. The van der Waals surface area contributed by atoms with Crippen LogP contribution in [0, 0.1) is 11.7 Å². The highest BCUT2D eigenvalue weighted by Gasteiger charge is 2.36. The van der Waals surface area contributed by atoms with Gasteiger partial charge >= 0.3 is 17.9 Å². The van der Waals surface area contributed by atoms with Crippen molar-refractivity contribution in [1.29, 1.82) is 0 Å². The molecule has 2 rings (SSSR count). The number of aliphatic hydroxyl groups excluding tert-OH is 1. The summed E-state index contributed by atoms with van der Waals surface area (Å²) in [6.45, 7) is 6.79. The van der Waals surface area contributed by atoms with E-state index in [0.717, 1.165) is 13.0 Å². The van der Waals surface area contributed by atoms with Crippen LogP contribution in [-0.2, 0) is 60.8 Å². The molecule has 8 atom stereocenters. The van der Waals surface area contributed by atoms with Crippen molar-refractivity contribution in [1.82, 2.24) is 37.2 Å². The number of halogens is 1. The molecule has 0 aromatic heterocycles. The number of hydrogen-bond donors (Lipinski definition) is 11. The summed E-state index contributed by atoms with van der Waals surface area (Å²) in [6.07, 6.45) is -4.27. The Kier molecular flexibility index (Phi) is 20.8. The van der Waals surface area contributed by atoms with Gasteiger partial charge < -0.3 is 57.6 Å². The van der Waals surface area contributed by atoms with E-state index in [9.17, 15) is 72.8 Å². The molecular formula is C41H54FN7O14. The number of carbonyl (C=O) groups is 10. The Morgan fingerprint density at radius 3 is 1.52 bits per heavy atom. The summed E-state index contributed by atoms with van der Waals surface area (Å²) in [5.74, 6) is -13.1. The van der Waals surface area contributed by atoms with E-state index in [4.69, 9.17) is 0 Å². The summed E-state index contributed by atoms with van der Waals surface area (Å²) >= 11 is 0. The molecule has 0 spiro atoms. The van der Waals surface area contributed by atoms with Crippen molar-refractivity contribution in [2.75, 3.05) is 0 Å². The molecule has 0 fully saturated rings. The summed E-state index contributed by atoms with van der Waals surface area (Å²) in [5.41, 5.74) is 0.588. The summed E-state index contributed by atoms with van der Waals surface area (Å²) in [6, 6.07) is 2.20. The zero-order valence-electron chi connectivity index (χ0n) is 35.2. The molecule has 344 valence electrons. The van der Waals surface area contributed by atoms with Gasteiger partial charge in [0.05, 0.1) is 18.9 Å². The minimum atomic E-state index is -1.91. The summed E-state index contributed by atoms with van der Waals surface area (Å²) in [5, 5.41) is 55.0. The van der Waals surface area contributed by atoms with Gasteiger partial charge in [0.2, 0.25) is 41.4 Å². The molecule has 0 aliphatic carbocycles. The van der Waals surface area contributed by atoms with E-state index >= 15 is 0 Å². The van der Waals surface area contributed by atoms with Gasteiger partial charge in [0.15, 0.2) is 0 Å². The fraction of sp³-hybridized carbons (Fsp3) is 0.463. The molecule has 0 radical (unpaired) electrons. The van der Waals surface area contributed by atoms with E-state index in [1.165, 1.54) is 32.0 Å². The molecule has 63 heavy (non-hydrogen) atoms. The van der Waals surface area contributed by atoms with Gasteiger partial charge in [0.1, 0.15) is 48.1 Å². The zero-order chi connectivity index (χ0) is 47.6. The SMILES string of the molecule is CC(=O)N[C@@H](Cc1ccccc1)C(=O)N[C@H](C(=O)N[C@@H](CC(C)C)C(=O)N[C@@H](CC(=O)O)C(=O)N[C@@H](C)C(=O)N[C@@H](CC(=O)O)C(=O)N[C@@H](Cc1ccccc1F)C(=O)O)[C@H](C)O. The molecule has 2 aromatic carbocycles. The van der Waals surface area contributed by atoms with Crippen molar-refractivity contribution in [3.8, 4) is 0 Å². The van der Waals surface area contributed by atoms with Gasteiger partial charge in [-0.15, -0.1) is 0 Å². The Balaban J connectivity index is 2.22. The third kappa shape index (κ3) is 18.3. The Morgan fingerprint density at radius 1 is 0.540 bits per heavy atom. The second-order valence-electron chi connectivity index (χ2n) is 15.1. The predicted molar refractivity (Wildman–Crippen MR) is 218 cm³/mol. The first-order chi connectivity index (χ1) is 29.5. The number of carbonyl (C=O) groups excluding carboxylic acids is 7. The predicted octanol–water partition coefficient (Wildman–Crippen LogP) is -1.49. The molecule has 0 bridgehead atoms. The van der Waals surface area contributed by atoms with Gasteiger partial charge in [-0.1, -0.05) is 62.4 Å². The smallest absolute Gasteiger partial charge is 0.326 e. The number of carboxylic acids is 3. The maximum atomic E-state index is 14.2. The van der Waals surface area contributed by atoms with Crippen LogP contribution < -0.4 is 37.2 Å². The molecule has 0 heterocycles. The highest BCUT2D eigenvalue weighted by atomic mass is 19.1. The fourth-order valence-electron chi connectivity index (χ4n) is 6.00. The third-order valence-electron chi connectivity index (χ3n) is 9.15. The first-order valence-corrected chi connectivity index (χ1v) is 19.7. The number of aliphatic hydroxyl groups is 1. The summed E-state index contributed by atoms with van der Waals surface area (Å²) < 4.78 is 14.2. The van der Waals surface area contributed by atoms with Crippen LogP contribution in [0.15, 0.2) is 54.6 Å². The maximum Gasteiger partial charge on any atom is 0.326 e. The Hall–Kier alpha value is -6.97. The lowest BCUT2D eigenvalue weighted by Crippen LogP contribution is -2.61. The van der Waals surface area contributed by atoms with Crippen LogP contribution in [0.25, 0.3) is 0 Å². The summed E-state index contributed by atoms with van der Waals surface area (Å²) in [7, 11) is 0. The van der Waals surface area contributed by atoms with E-state index in [0.29, 0.717) is 5.56 Å². The first-order valence-electron chi connectivity index (χ1n) is 19.7. The maximum absolute atomic E-state index is 14.2. The molecular weight excluding hydrogens is 833 g/mol. The molecule has 22 heteroatoms. The van der Waals surface area contributed by atoms with Crippen molar-refractivity contribution >= 4 is 59.3 Å². The van der Waals surface area contributed by atoms with Crippen LogP contribution in [0.5, 0.6) is 0 Å². The molecule has 0 saturated carbocycles.